The Morgan fingerprint density at radius 3 is 2.79 bits per heavy atom. The molecule has 3 nitrogen and oxygen atoms in total. The van der Waals surface area contributed by atoms with Crippen LogP contribution in [0.3, 0.4) is 0 Å². The summed E-state index contributed by atoms with van der Waals surface area (Å²) in [6.07, 6.45) is 1.83. The minimum atomic E-state index is 0.672. The number of nitrogens with zero attached hydrogens (tertiary/aromatic N) is 2. The van der Waals surface area contributed by atoms with Crippen molar-refractivity contribution in [1.82, 2.24) is 4.98 Å². The first-order chi connectivity index (χ1) is 6.63. The van der Waals surface area contributed by atoms with Crippen LogP contribution < -0.4 is 10.2 Å². The molecule has 1 aromatic heterocycles. The van der Waals surface area contributed by atoms with Crippen LogP contribution in [0, 0.1) is 5.92 Å². The molecule has 1 heterocycles. The zero-order valence-electron chi connectivity index (χ0n) is 9.41. The van der Waals surface area contributed by atoms with E-state index in [-0.39, 0.29) is 0 Å². The van der Waals surface area contributed by atoms with E-state index >= 15 is 0 Å². The van der Waals surface area contributed by atoms with Gasteiger partial charge in [-0.2, -0.15) is 0 Å². The van der Waals surface area contributed by atoms with Crippen LogP contribution in [0.4, 0.5) is 11.5 Å². The average molecular weight is 193 g/mol. The fourth-order valence-electron chi connectivity index (χ4n) is 1.45. The van der Waals surface area contributed by atoms with Gasteiger partial charge in [-0.05, 0) is 12.0 Å². The molecule has 1 N–H and O–H groups in total. The van der Waals surface area contributed by atoms with E-state index < -0.39 is 0 Å². The van der Waals surface area contributed by atoms with E-state index in [2.05, 4.69) is 42.2 Å². The molecule has 0 aliphatic rings. The predicted molar refractivity (Wildman–Crippen MR) is 61.9 cm³/mol. The third-order valence-corrected chi connectivity index (χ3v) is 2.08. The highest BCUT2D eigenvalue weighted by atomic mass is 15.1. The molecule has 0 saturated heterocycles. The van der Waals surface area contributed by atoms with E-state index in [0.29, 0.717) is 5.92 Å². The molecule has 0 aliphatic carbocycles. The van der Waals surface area contributed by atoms with Crippen LogP contribution in [-0.4, -0.2) is 25.6 Å². The topological polar surface area (TPSA) is 28.2 Å². The lowest BCUT2D eigenvalue weighted by Gasteiger charge is -2.21. The Bertz CT molecular complexity index is 284. The van der Waals surface area contributed by atoms with E-state index in [1.165, 1.54) is 5.69 Å². The molecule has 0 saturated carbocycles. The Morgan fingerprint density at radius 2 is 2.21 bits per heavy atom. The summed E-state index contributed by atoms with van der Waals surface area (Å²) in [5.74, 6) is 1.59. The van der Waals surface area contributed by atoms with Gasteiger partial charge in [-0.1, -0.05) is 13.8 Å². The van der Waals surface area contributed by atoms with Crippen molar-refractivity contribution in [2.75, 3.05) is 30.9 Å². The van der Waals surface area contributed by atoms with E-state index in [4.69, 9.17) is 0 Å². The number of pyridine rings is 1. The van der Waals surface area contributed by atoms with Gasteiger partial charge in [0.15, 0.2) is 0 Å². The Morgan fingerprint density at radius 1 is 1.50 bits per heavy atom. The highest BCUT2D eigenvalue weighted by Gasteiger charge is 2.03. The molecule has 0 radical (unpaired) electrons. The van der Waals surface area contributed by atoms with Gasteiger partial charge in [0.1, 0.15) is 5.82 Å². The van der Waals surface area contributed by atoms with Crippen molar-refractivity contribution in [3.63, 3.8) is 0 Å². The number of hydrogen-bond donors (Lipinski definition) is 1. The summed E-state index contributed by atoms with van der Waals surface area (Å²) >= 11 is 0. The summed E-state index contributed by atoms with van der Waals surface area (Å²) < 4.78 is 0. The third kappa shape index (κ3) is 2.91. The highest BCUT2D eigenvalue weighted by Crippen LogP contribution is 2.16. The van der Waals surface area contributed by atoms with Crippen LogP contribution in [0.25, 0.3) is 0 Å². The van der Waals surface area contributed by atoms with Gasteiger partial charge in [0.2, 0.25) is 0 Å². The fourth-order valence-corrected chi connectivity index (χ4v) is 1.45. The van der Waals surface area contributed by atoms with Crippen LogP contribution in [0.2, 0.25) is 0 Å². The summed E-state index contributed by atoms with van der Waals surface area (Å²) in [7, 11) is 3.99. The smallest absolute Gasteiger partial charge is 0.127 e. The molecular formula is C11H19N3. The van der Waals surface area contributed by atoms with Gasteiger partial charge in [-0.3, -0.25) is 0 Å². The maximum Gasteiger partial charge on any atom is 0.127 e. The Balaban J connectivity index is 2.73. The molecule has 3 heteroatoms. The van der Waals surface area contributed by atoms with E-state index in [0.717, 1.165) is 12.4 Å². The Kier molecular flexibility index (Phi) is 3.74. The lowest BCUT2D eigenvalue weighted by molar-refractivity contribution is 0.638. The van der Waals surface area contributed by atoms with Crippen molar-refractivity contribution in [3.05, 3.63) is 18.3 Å². The number of rotatable bonds is 4. The molecule has 78 valence electrons. The minimum Gasteiger partial charge on any atom is -0.374 e. The van der Waals surface area contributed by atoms with Gasteiger partial charge in [0.25, 0.3) is 0 Å². The molecule has 1 aromatic rings. The molecule has 0 bridgehead atoms. The SMILES string of the molecule is CNc1cc(N(C)CC(C)C)ccn1. The van der Waals surface area contributed by atoms with E-state index in [1.807, 2.05) is 19.3 Å². The normalized spacial score (nSPS) is 10.4. The second-order valence-corrected chi connectivity index (χ2v) is 3.92. The Hall–Kier alpha value is -1.25. The maximum atomic E-state index is 4.18. The van der Waals surface area contributed by atoms with E-state index in [9.17, 15) is 0 Å². The molecule has 0 aliphatic heterocycles. The van der Waals surface area contributed by atoms with Crippen molar-refractivity contribution < 1.29 is 0 Å². The molecule has 0 amide bonds. The molecule has 1 rings (SSSR count). The largest absolute Gasteiger partial charge is 0.374 e. The predicted octanol–water partition coefficient (Wildman–Crippen LogP) is 2.22. The first-order valence-corrected chi connectivity index (χ1v) is 4.98. The van der Waals surface area contributed by atoms with Crippen LogP contribution >= 0.6 is 0 Å². The summed E-state index contributed by atoms with van der Waals surface area (Å²) in [4.78, 5) is 6.42. The molecular weight excluding hydrogens is 174 g/mol. The van der Waals surface area contributed by atoms with Gasteiger partial charge in [-0.25, -0.2) is 4.98 Å². The quantitative estimate of drug-likeness (QED) is 0.794. The van der Waals surface area contributed by atoms with E-state index in [1.54, 1.807) is 0 Å². The second-order valence-electron chi connectivity index (χ2n) is 3.92. The zero-order valence-corrected chi connectivity index (χ0v) is 9.41. The van der Waals surface area contributed by atoms with Crippen molar-refractivity contribution in [2.45, 2.75) is 13.8 Å². The van der Waals surface area contributed by atoms with Crippen LogP contribution in [0.5, 0.6) is 0 Å². The highest BCUT2D eigenvalue weighted by molar-refractivity contribution is 5.53. The summed E-state index contributed by atoms with van der Waals surface area (Å²) in [5, 5.41) is 3.04. The first-order valence-electron chi connectivity index (χ1n) is 4.98. The maximum absolute atomic E-state index is 4.18. The van der Waals surface area contributed by atoms with Gasteiger partial charge >= 0.3 is 0 Å². The molecule has 0 atom stereocenters. The average Bonchev–Trinajstić information content (AvgIpc) is 2.17. The van der Waals surface area contributed by atoms with Crippen LogP contribution in [-0.2, 0) is 0 Å². The monoisotopic (exact) mass is 193 g/mol. The minimum absolute atomic E-state index is 0.672. The number of anilines is 2. The molecule has 0 fully saturated rings. The first kappa shape index (κ1) is 10.8. The fraction of sp³-hybridized carbons (Fsp3) is 0.545. The zero-order chi connectivity index (χ0) is 10.6. The Labute approximate surface area is 86.2 Å². The van der Waals surface area contributed by atoms with Crippen molar-refractivity contribution in [2.24, 2.45) is 5.92 Å². The molecule has 0 aromatic carbocycles. The summed E-state index contributed by atoms with van der Waals surface area (Å²) in [5.41, 5.74) is 1.21. The van der Waals surface area contributed by atoms with Crippen molar-refractivity contribution >= 4 is 11.5 Å². The van der Waals surface area contributed by atoms with Gasteiger partial charge in [0, 0.05) is 38.6 Å². The van der Waals surface area contributed by atoms with Crippen molar-refractivity contribution in [3.8, 4) is 0 Å². The number of nitrogens with one attached hydrogen (secondary N) is 1. The molecule has 14 heavy (non-hydrogen) atoms. The lowest BCUT2D eigenvalue weighted by atomic mass is 10.2. The summed E-state index contributed by atoms with van der Waals surface area (Å²) in [6.45, 7) is 5.50. The van der Waals surface area contributed by atoms with Crippen LogP contribution in [0.1, 0.15) is 13.8 Å². The second kappa shape index (κ2) is 4.84. The van der Waals surface area contributed by atoms with Crippen molar-refractivity contribution in [1.29, 1.82) is 0 Å². The lowest BCUT2D eigenvalue weighted by Crippen LogP contribution is -2.22. The van der Waals surface area contributed by atoms with Crippen LogP contribution in [0.15, 0.2) is 18.3 Å². The van der Waals surface area contributed by atoms with Gasteiger partial charge in [-0.15, -0.1) is 0 Å². The number of hydrogen-bond acceptors (Lipinski definition) is 3. The molecule has 0 unspecified atom stereocenters. The van der Waals surface area contributed by atoms with Gasteiger partial charge < -0.3 is 10.2 Å². The standard InChI is InChI=1S/C11H19N3/c1-9(2)8-14(4)10-5-6-13-11(7-10)12-3/h5-7,9H,8H2,1-4H3,(H,12,13). The van der Waals surface area contributed by atoms with Gasteiger partial charge in [0.05, 0.1) is 0 Å². The molecule has 0 spiro atoms. The number of aromatic nitrogens is 1. The third-order valence-electron chi connectivity index (χ3n) is 2.08. The summed E-state index contributed by atoms with van der Waals surface area (Å²) in [6, 6.07) is 4.09.